The Kier molecular flexibility index (Phi) is 6.27. The van der Waals surface area contributed by atoms with Crippen molar-refractivity contribution in [3.8, 4) is 0 Å². The first kappa shape index (κ1) is 16.1. The molecule has 0 saturated carbocycles. The molecule has 0 atom stereocenters. The largest absolute Gasteiger partial charge is 0.380 e. The highest BCUT2D eigenvalue weighted by Crippen LogP contribution is 2.21. The number of hydrogen-bond donors (Lipinski definition) is 1. The molecule has 3 heteroatoms. The zero-order valence-electron chi connectivity index (χ0n) is 13.6. The van der Waals surface area contributed by atoms with Crippen LogP contribution >= 0.6 is 0 Å². The molecule has 21 heavy (non-hydrogen) atoms. The van der Waals surface area contributed by atoms with Crippen LogP contribution < -0.4 is 5.32 Å². The first-order valence-electron chi connectivity index (χ1n) is 8.07. The maximum Gasteiger partial charge on any atom is 0.0645 e. The number of fused-ring (bicyclic) bond motifs is 1. The fraction of sp³-hybridized carbons (Fsp3) is 0.556. The third-order valence-corrected chi connectivity index (χ3v) is 3.75. The number of nitrogens with zero attached hydrogens (tertiary/aromatic N) is 1. The van der Waals surface area contributed by atoms with Gasteiger partial charge in [0.1, 0.15) is 0 Å². The molecule has 0 spiro atoms. The van der Waals surface area contributed by atoms with Gasteiger partial charge in [0.25, 0.3) is 0 Å². The maximum atomic E-state index is 5.75. The lowest BCUT2D eigenvalue weighted by atomic mass is 10.1. The van der Waals surface area contributed by atoms with Crippen molar-refractivity contribution >= 4 is 10.9 Å². The highest BCUT2D eigenvalue weighted by Gasteiger charge is 2.07. The summed E-state index contributed by atoms with van der Waals surface area (Å²) in [7, 11) is 0. The average Bonchev–Trinajstić information content (AvgIpc) is 2.83. The monoisotopic (exact) mass is 288 g/mol. The molecule has 0 fully saturated rings. The van der Waals surface area contributed by atoms with Gasteiger partial charge in [0.15, 0.2) is 0 Å². The molecule has 1 aromatic heterocycles. The third kappa shape index (κ3) is 4.58. The van der Waals surface area contributed by atoms with Gasteiger partial charge in [0, 0.05) is 36.8 Å². The van der Waals surface area contributed by atoms with E-state index in [9.17, 15) is 0 Å². The molecule has 0 aliphatic rings. The lowest BCUT2D eigenvalue weighted by Crippen LogP contribution is -2.11. The fourth-order valence-corrected chi connectivity index (χ4v) is 2.49. The van der Waals surface area contributed by atoms with Gasteiger partial charge in [-0.2, -0.15) is 0 Å². The molecule has 0 unspecified atom stereocenters. The SMILES string of the molecule is CCNCc1cn(CCOCCC(C)C)c2ccccc12. The number of rotatable bonds is 9. The molecule has 1 heterocycles. The van der Waals surface area contributed by atoms with E-state index in [1.165, 1.54) is 16.5 Å². The molecule has 0 aliphatic carbocycles. The molecule has 3 nitrogen and oxygen atoms in total. The fourth-order valence-electron chi connectivity index (χ4n) is 2.49. The highest BCUT2D eigenvalue weighted by atomic mass is 16.5. The lowest BCUT2D eigenvalue weighted by molar-refractivity contribution is 0.117. The summed E-state index contributed by atoms with van der Waals surface area (Å²) < 4.78 is 8.07. The third-order valence-electron chi connectivity index (χ3n) is 3.75. The van der Waals surface area contributed by atoms with Crippen LogP contribution in [0, 0.1) is 5.92 Å². The summed E-state index contributed by atoms with van der Waals surface area (Å²) in [6, 6.07) is 8.62. The van der Waals surface area contributed by atoms with Crippen molar-refractivity contribution in [1.82, 2.24) is 9.88 Å². The van der Waals surface area contributed by atoms with Gasteiger partial charge >= 0.3 is 0 Å². The van der Waals surface area contributed by atoms with Crippen molar-refractivity contribution in [3.63, 3.8) is 0 Å². The minimum atomic E-state index is 0.712. The summed E-state index contributed by atoms with van der Waals surface area (Å²) in [5, 5.41) is 4.76. The summed E-state index contributed by atoms with van der Waals surface area (Å²) in [4.78, 5) is 0. The Morgan fingerprint density at radius 1 is 1.19 bits per heavy atom. The quantitative estimate of drug-likeness (QED) is 0.710. The van der Waals surface area contributed by atoms with Gasteiger partial charge in [-0.25, -0.2) is 0 Å². The van der Waals surface area contributed by atoms with E-state index in [1.807, 2.05) is 0 Å². The van der Waals surface area contributed by atoms with Crippen LogP contribution in [0.15, 0.2) is 30.5 Å². The zero-order valence-corrected chi connectivity index (χ0v) is 13.6. The Labute approximate surface area is 128 Å². The van der Waals surface area contributed by atoms with E-state index in [4.69, 9.17) is 4.74 Å². The number of nitrogens with one attached hydrogen (secondary N) is 1. The van der Waals surface area contributed by atoms with Crippen molar-refractivity contribution < 1.29 is 4.74 Å². The smallest absolute Gasteiger partial charge is 0.0645 e. The molecular formula is C18H28N2O. The van der Waals surface area contributed by atoms with Crippen molar-refractivity contribution in [1.29, 1.82) is 0 Å². The second-order valence-corrected chi connectivity index (χ2v) is 5.94. The van der Waals surface area contributed by atoms with E-state index < -0.39 is 0 Å². The van der Waals surface area contributed by atoms with Crippen molar-refractivity contribution in [2.75, 3.05) is 19.8 Å². The predicted molar refractivity (Wildman–Crippen MR) is 89.6 cm³/mol. The summed E-state index contributed by atoms with van der Waals surface area (Å²) in [6.07, 6.45) is 3.40. The first-order chi connectivity index (χ1) is 10.2. The Hall–Kier alpha value is -1.32. The molecule has 1 aromatic carbocycles. The molecule has 2 rings (SSSR count). The van der Waals surface area contributed by atoms with Gasteiger partial charge in [-0.15, -0.1) is 0 Å². The van der Waals surface area contributed by atoms with Gasteiger partial charge < -0.3 is 14.6 Å². The minimum Gasteiger partial charge on any atom is -0.380 e. The Balaban J connectivity index is 1.98. The van der Waals surface area contributed by atoms with Crippen LogP contribution in [-0.2, 0) is 17.8 Å². The number of para-hydroxylation sites is 1. The van der Waals surface area contributed by atoms with Crippen LogP contribution in [0.1, 0.15) is 32.8 Å². The van der Waals surface area contributed by atoms with Crippen LogP contribution in [0.2, 0.25) is 0 Å². The summed E-state index contributed by atoms with van der Waals surface area (Å²) in [5.74, 6) is 0.712. The number of hydrogen-bond acceptors (Lipinski definition) is 2. The molecule has 0 amide bonds. The number of benzene rings is 1. The van der Waals surface area contributed by atoms with Gasteiger partial charge in [0.2, 0.25) is 0 Å². The second-order valence-electron chi connectivity index (χ2n) is 5.94. The van der Waals surface area contributed by atoms with Gasteiger partial charge in [0.05, 0.1) is 6.61 Å². The molecule has 0 bridgehead atoms. The van der Waals surface area contributed by atoms with E-state index in [1.54, 1.807) is 0 Å². The molecular weight excluding hydrogens is 260 g/mol. The standard InChI is InChI=1S/C18H28N2O/c1-4-19-13-16-14-20(10-12-21-11-9-15(2)3)18-8-6-5-7-17(16)18/h5-8,14-15,19H,4,9-13H2,1-3H3. The first-order valence-corrected chi connectivity index (χ1v) is 8.07. The number of ether oxygens (including phenoxy) is 1. The summed E-state index contributed by atoms with van der Waals surface area (Å²) in [5.41, 5.74) is 2.67. The van der Waals surface area contributed by atoms with Crippen LogP contribution in [-0.4, -0.2) is 24.3 Å². The van der Waals surface area contributed by atoms with E-state index in [-0.39, 0.29) is 0 Å². The minimum absolute atomic E-state index is 0.712. The average molecular weight is 288 g/mol. The number of aromatic nitrogens is 1. The summed E-state index contributed by atoms with van der Waals surface area (Å²) in [6.45, 7) is 11.1. The maximum absolute atomic E-state index is 5.75. The lowest BCUT2D eigenvalue weighted by Gasteiger charge is -2.08. The molecule has 1 N–H and O–H groups in total. The topological polar surface area (TPSA) is 26.2 Å². The van der Waals surface area contributed by atoms with Crippen LogP contribution in [0.5, 0.6) is 0 Å². The van der Waals surface area contributed by atoms with Gasteiger partial charge in [-0.1, -0.05) is 39.0 Å². The van der Waals surface area contributed by atoms with E-state index in [0.29, 0.717) is 5.92 Å². The molecule has 0 radical (unpaired) electrons. The highest BCUT2D eigenvalue weighted by molar-refractivity contribution is 5.83. The van der Waals surface area contributed by atoms with Crippen LogP contribution in [0.3, 0.4) is 0 Å². The Morgan fingerprint density at radius 3 is 2.76 bits per heavy atom. The van der Waals surface area contributed by atoms with Crippen LogP contribution in [0.25, 0.3) is 10.9 Å². The van der Waals surface area contributed by atoms with Crippen molar-refractivity contribution in [2.45, 2.75) is 40.3 Å². The van der Waals surface area contributed by atoms with E-state index in [2.05, 4.69) is 61.1 Å². The van der Waals surface area contributed by atoms with E-state index >= 15 is 0 Å². The molecule has 2 aromatic rings. The van der Waals surface area contributed by atoms with Gasteiger partial charge in [-0.05, 0) is 30.5 Å². The molecule has 0 saturated heterocycles. The van der Waals surface area contributed by atoms with Crippen molar-refractivity contribution in [3.05, 3.63) is 36.0 Å². The van der Waals surface area contributed by atoms with Crippen molar-refractivity contribution in [2.24, 2.45) is 5.92 Å². The summed E-state index contributed by atoms with van der Waals surface area (Å²) >= 11 is 0. The zero-order chi connectivity index (χ0) is 15.1. The Morgan fingerprint density at radius 2 is 2.00 bits per heavy atom. The van der Waals surface area contributed by atoms with Gasteiger partial charge in [-0.3, -0.25) is 0 Å². The second kappa shape index (κ2) is 8.20. The Bertz CT molecular complexity index is 545. The van der Waals surface area contributed by atoms with Crippen LogP contribution in [0.4, 0.5) is 0 Å². The van der Waals surface area contributed by atoms with E-state index in [0.717, 1.165) is 39.3 Å². The molecule has 116 valence electrons. The normalized spacial score (nSPS) is 11.6. The predicted octanol–water partition coefficient (Wildman–Crippen LogP) is 3.81. The molecule has 0 aliphatic heterocycles.